The van der Waals surface area contributed by atoms with Crippen molar-refractivity contribution in [1.82, 2.24) is 0 Å². The summed E-state index contributed by atoms with van der Waals surface area (Å²) in [6, 6.07) is 0. The molecule has 3 aliphatic heterocycles. The second-order valence-corrected chi connectivity index (χ2v) is 5.12. The summed E-state index contributed by atoms with van der Waals surface area (Å²) in [5.41, 5.74) is 0.0605. The summed E-state index contributed by atoms with van der Waals surface area (Å²) in [6.07, 6.45) is 0. The van der Waals surface area contributed by atoms with Crippen LogP contribution in [-0.4, -0.2) is 32.4 Å². The monoisotopic (exact) mass is 232 g/mol. The van der Waals surface area contributed by atoms with E-state index >= 15 is 0 Å². The van der Waals surface area contributed by atoms with E-state index < -0.39 is 8.60 Å². The lowest BCUT2D eigenvalue weighted by Crippen LogP contribution is -2.47. The Balaban J connectivity index is 1.87. The third-order valence-electron chi connectivity index (χ3n) is 2.29. The molecule has 5 nitrogen and oxygen atoms in total. The van der Waals surface area contributed by atoms with Gasteiger partial charge in [-0.1, -0.05) is 6.58 Å². The second kappa shape index (κ2) is 4.18. The number of rotatable bonds is 3. The molecule has 0 spiro atoms. The number of ether oxygens (including phenoxy) is 1. The van der Waals surface area contributed by atoms with Crippen LogP contribution in [0.5, 0.6) is 0 Å². The SMILES string of the molecule is C=C(C)C(=O)OCC12COP(OC1)OC2. The molecule has 0 atom stereocenters. The van der Waals surface area contributed by atoms with Gasteiger partial charge >= 0.3 is 14.6 Å². The summed E-state index contributed by atoms with van der Waals surface area (Å²) in [5, 5.41) is 0. The molecule has 84 valence electrons. The quantitative estimate of drug-likeness (QED) is 0.418. The number of carbonyl (C=O) groups is 1. The lowest BCUT2D eigenvalue weighted by molar-refractivity contribution is -0.152. The van der Waals surface area contributed by atoms with Gasteiger partial charge in [0.25, 0.3) is 0 Å². The predicted octanol–water partition coefficient (Wildman–Crippen LogP) is 1.40. The maximum Gasteiger partial charge on any atom is 0.333 e. The van der Waals surface area contributed by atoms with E-state index in [-0.39, 0.29) is 18.0 Å². The molecule has 2 bridgehead atoms. The molecular weight excluding hydrogens is 219 g/mol. The summed E-state index contributed by atoms with van der Waals surface area (Å²) >= 11 is 0. The van der Waals surface area contributed by atoms with Crippen LogP contribution < -0.4 is 0 Å². The van der Waals surface area contributed by atoms with Gasteiger partial charge in [-0.05, 0) is 6.92 Å². The maximum absolute atomic E-state index is 11.2. The Kier molecular flexibility index (Phi) is 3.07. The van der Waals surface area contributed by atoms with Gasteiger partial charge in [-0.15, -0.1) is 0 Å². The highest BCUT2D eigenvalue weighted by atomic mass is 31.2. The molecule has 3 fully saturated rings. The molecule has 0 aliphatic carbocycles. The van der Waals surface area contributed by atoms with Gasteiger partial charge in [-0.2, -0.15) is 0 Å². The first-order valence-corrected chi connectivity index (χ1v) is 5.72. The van der Waals surface area contributed by atoms with E-state index in [0.29, 0.717) is 25.4 Å². The van der Waals surface area contributed by atoms with Crippen molar-refractivity contribution in [3.05, 3.63) is 12.2 Å². The van der Waals surface area contributed by atoms with Crippen molar-refractivity contribution in [2.75, 3.05) is 26.4 Å². The molecule has 0 N–H and O–H groups in total. The first kappa shape index (κ1) is 11.0. The van der Waals surface area contributed by atoms with E-state index in [1.807, 2.05) is 0 Å². The highest BCUT2D eigenvalue weighted by Crippen LogP contribution is 2.53. The fourth-order valence-corrected chi connectivity index (χ4v) is 2.63. The van der Waals surface area contributed by atoms with Crippen LogP contribution in [0.3, 0.4) is 0 Å². The zero-order valence-corrected chi connectivity index (χ0v) is 9.42. The maximum atomic E-state index is 11.2. The van der Waals surface area contributed by atoms with Crippen LogP contribution >= 0.6 is 8.60 Å². The van der Waals surface area contributed by atoms with Gasteiger partial charge in [-0.25, -0.2) is 4.79 Å². The molecule has 0 amide bonds. The van der Waals surface area contributed by atoms with Crippen molar-refractivity contribution in [2.45, 2.75) is 6.92 Å². The van der Waals surface area contributed by atoms with E-state index in [1.165, 1.54) is 0 Å². The Morgan fingerprint density at radius 3 is 2.40 bits per heavy atom. The van der Waals surface area contributed by atoms with Crippen LogP contribution in [-0.2, 0) is 23.1 Å². The van der Waals surface area contributed by atoms with Gasteiger partial charge in [0.05, 0.1) is 25.2 Å². The Bertz CT molecular complexity index is 268. The minimum atomic E-state index is -1.13. The Morgan fingerprint density at radius 2 is 1.93 bits per heavy atom. The van der Waals surface area contributed by atoms with Gasteiger partial charge < -0.3 is 18.3 Å². The third kappa shape index (κ3) is 2.37. The topological polar surface area (TPSA) is 54.0 Å². The minimum Gasteiger partial charge on any atom is -0.461 e. The van der Waals surface area contributed by atoms with Crippen molar-refractivity contribution in [3.8, 4) is 0 Å². The van der Waals surface area contributed by atoms with Crippen molar-refractivity contribution in [3.63, 3.8) is 0 Å². The zero-order chi connectivity index (χ0) is 10.9. The van der Waals surface area contributed by atoms with Crippen molar-refractivity contribution in [1.29, 1.82) is 0 Å². The van der Waals surface area contributed by atoms with E-state index in [9.17, 15) is 4.79 Å². The fourth-order valence-electron chi connectivity index (χ4n) is 1.27. The predicted molar refractivity (Wildman–Crippen MR) is 53.0 cm³/mol. The summed E-state index contributed by atoms with van der Waals surface area (Å²) < 4.78 is 20.9. The molecule has 0 radical (unpaired) electrons. The van der Waals surface area contributed by atoms with Crippen LogP contribution in [0.15, 0.2) is 12.2 Å². The number of hydrogen-bond acceptors (Lipinski definition) is 5. The highest BCUT2D eigenvalue weighted by molar-refractivity contribution is 7.41. The molecule has 3 saturated heterocycles. The zero-order valence-electron chi connectivity index (χ0n) is 8.52. The van der Waals surface area contributed by atoms with Gasteiger partial charge in [0.2, 0.25) is 0 Å². The minimum absolute atomic E-state index is 0.252. The number of fused-ring (bicyclic) bond motifs is 3. The van der Waals surface area contributed by atoms with Crippen LogP contribution in [0.1, 0.15) is 6.92 Å². The molecule has 15 heavy (non-hydrogen) atoms. The number of hydrogen-bond donors (Lipinski definition) is 0. The second-order valence-electron chi connectivity index (χ2n) is 3.90. The molecular formula is C9H13O5P. The van der Waals surface area contributed by atoms with Crippen molar-refractivity contribution < 1.29 is 23.1 Å². The molecule has 0 aromatic carbocycles. The third-order valence-corrected chi connectivity index (χ3v) is 3.31. The fraction of sp³-hybridized carbons (Fsp3) is 0.667. The molecule has 0 aromatic heterocycles. The average Bonchev–Trinajstić information content (AvgIpc) is 2.28. The van der Waals surface area contributed by atoms with Crippen LogP contribution in [0.4, 0.5) is 0 Å². The summed E-state index contributed by atoms with van der Waals surface area (Å²) in [7, 11) is -1.13. The van der Waals surface area contributed by atoms with Gasteiger partial charge in [0.1, 0.15) is 6.61 Å². The van der Waals surface area contributed by atoms with Gasteiger partial charge in [-0.3, -0.25) is 0 Å². The summed E-state index contributed by atoms with van der Waals surface area (Å²) in [4.78, 5) is 11.2. The smallest absolute Gasteiger partial charge is 0.333 e. The molecule has 3 heterocycles. The first-order valence-electron chi connectivity index (χ1n) is 4.63. The lowest BCUT2D eigenvalue weighted by Gasteiger charge is -2.43. The Morgan fingerprint density at radius 1 is 1.40 bits per heavy atom. The lowest BCUT2D eigenvalue weighted by atomic mass is 9.92. The van der Waals surface area contributed by atoms with E-state index in [2.05, 4.69) is 6.58 Å². The van der Waals surface area contributed by atoms with Crippen LogP contribution in [0.2, 0.25) is 0 Å². The molecule has 3 aliphatic rings. The van der Waals surface area contributed by atoms with Crippen LogP contribution in [0.25, 0.3) is 0 Å². The highest BCUT2D eigenvalue weighted by Gasteiger charge is 2.45. The van der Waals surface area contributed by atoms with Gasteiger partial charge in [0, 0.05) is 5.57 Å². The molecule has 6 heteroatoms. The van der Waals surface area contributed by atoms with E-state index in [0.717, 1.165) is 0 Å². The standard InChI is InChI=1S/C9H13O5P/c1-7(2)8(10)11-3-9-4-12-15(13-5-9)14-6-9/h1,3-6H2,2H3. The molecule has 3 rings (SSSR count). The largest absolute Gasteiger partial charge is 0.461 e. The van der Waals surface area contributed by atoms with E-state index in [4.69, 9.17) is 18.3 Å². The van der Waals surface area contributed by atoms with Gasteiger partial charge in [0.15, 0.2) is 0 Å². The molecule has 0 unspecified atom stereocenters. The Hall–Kier alpha value is -0.480. The first-order chi connectivity index (χ1) is 7.11. The molecule has 0 saturated carbocycles. The normalized spacial score (nSPS) is 33.8. The number of carbonyl (C=O) groups excluding carboxylic acids is 1. The summed E-state index contributed by atoms with van der Waals surface area (Å²) in [6.45, 7) is 6.97. The van der Waals surface area contributed by atoms with E-state index in [1.54, 1.807) is 6.92 Å². The Labute approximate surface area is 89.3 Å². The van der Waals surface area contributed by atoms with Crippen LogP contribution in [0, 0.1) is 5.41 Å². The molecule has 0 aromatic rings. The van der Waals surface area contributed by atoms with Crippen molar-refractivity contribution >= 4 is 14.6 Å². The van der Waals surface area contributed by atoms with Crippen molar-refractivity contribution in [2.24, 2.45) is 5.41 Å². The number of esters is 1. The summed E-state index contributed by atoms with van der Waals surface area (Å²) in [5.74, 6) is -0.386. The average molecular weight is 232 g/mol.